The summed E-state index contributed by atoms with van der Waals surface area (Å²) in [5.74, 6) is 1.19. The van der Waals surface area contributed by atoms with Crippen molar-refractivity contribution >= 4 is 5.78 Å². The fourth-order valence-corrected chi connectivity index (χ4v) is 3.78. The van der Waals surface area contributed by atoms with Gasteiger partial charge >= 0.3 is 0 Å². The molecule has 1 fully saturated rings. The number of ketones is 1. The predicted molar refractivity (Wildman–Crippen MR) is 104 cm³/mol. The molecule has 0 N–H and O–H groups in total. The van der Waals surface area contributed by atoms with Gasteiger partial charge in [-0.25, -0.2) is 0 Å². The number of aryl methyl sites for hydroxylation is 2. The maximum absolute atomic E-state index is 13.0. The first-order valence-corrected chi connectivity index (χ1v) is 9.47. The van der Waals surface area contributed by atoms with Crippen molar-refractivity contribution in [1.29, 1.82) is 0 Å². The Labute approximate surface area is 156 Å². The fourth-order valence-electron chi connectivity index (χ4n) is 3.78. The third-order valence-corrected chi connectivity index (χ3v) is 5.24. The van der Waals surface area contributed by atoms with Crippen LogP contribution in [0, 0.1) is 12.8 Å². The molecule has 1 aromatic carbocycles. The summed E-state index contributed by atoms with van der Waals surface area (Å²) in [5.41, 5.74) is 3.13. The summed E-state index contributed by atoms with van der Waals surface area (Å²) in [5, 5.41) is 0. The van der Waals surface area contributed by atoms with E-state index in [9.17, 15) is 4.79 Å². The van der Waals surface area contributed by atoms with E-state index in [-0.39, 0.29) is 11.7 Å². The molecule has 1 unspecified atom stereocenters. The quantitative estimate of drug-likeness (QED) is 0.708. The maximum Gasteiger partial charge on any atom is 0.167 e. The van der Waals surface area contributed by atoms with E-state index in [4.69, 9.17) is 4.74 Å². The Morgan fingerprint density at radius 1 is 1.35 bits per heavy atom. The molecule has 1 aliphatic rings. The monoisotopic (exact) mass is 352 g/mol. The summed E-state index contributed by atoms with van der Waals surface area (Å²) >= 11 is 0. The van der Waals surface area contributed by atoms with Crippen molar-refractivity contribution in [2.45, 2.75) is 32.6 Å². The summed E-state index contributed by atoms with van der Waals surface area (Å²) in [4.78, 5) is 19.6. The number of hydrogen-bond donors (Lipinski definition) is 0. The van der Waals surface area contributed by atoms with Crippen LogP contribution in [-0.4, -0.2) is 42.4 Å². The van der Waals surface area contributed by atoms with Crippen molar-refractivity contribution in [3.63, 3.8) is 0 Å². The number of carbonyl (C=O) groups is 1. The Morgan fingerprint density at radius 3 is 2.96 bits per heavy atom. The van der Waals surface area contributed by atoms with Gasteiger partial charge in [0.15, 0.2) is 5.78 Å². The Bertz CT molecular complexity index is 730. The van der Waals surface area contributed by atoms with Crippen LogP contribution in [0.2, 0.25) is 0 Å². The molecule has 1 atom stereocenters. The summed E-state index contributed by atoms with van der Waals surface area (Å²) in [6.07, 6.45) is 7.98. The number of nitrogens with zero attached hydrogens (tertiary/aromatic N) is 2. The minimum Gasteiger partial charge on any atom is -0.497 e. The molecule has 4 nitrogen and oxygen atoms in total. The molecule has 1 aliphatic heterocycles. The molecule has 1 aromatic heterocycles. The van der Waals surface area contributed by atoms with Gasteiger partial charge in [-0.05, 0) is 81.1 Å². The van der Waals surface area contributed by atoms with Crippen molar-refractivity contribution in [2.24, 2.45) is 5.92 Å². The smallest absolute Gasteiger partial charge is 0.167 e. The number of Topliss-reactive ketones (excluding diaryl/α,β-unsaturated/α-hetero) is 1. The average Bonchev–Trinajstić information content (AvgIpc) is 2.68. The van der Waals surface area contributed by atoms with Crippen LogP contribution in [-0.2, 0) is 6.42 Å². The zero-order valence-electron chi connectivity index (χ0n) is 15.8. The van der Waals surface area contributed by atoms with E-state index in [2.05, 4.69) is 16.0 Å². The molecule has 0 bridgehead atoms. The molecule has 3 rings (SSSR count). The van der Waals surface area contributed by atoms with Crippen LogP contribution >= 0.6 is 0 Å². The van der Waals surface area contributed by atoms with Gasteiger partial charge in [-0.15, -0.1) is 0 Å². The number of likely N-dealkylation sites (tertiary alicyclic amines) is 1. The van der Waals surface area contributed by atoms with E-state index in [1.165, 1.54) is 5.56 Å². The normalized spacial score (nSPS) is 17.8. The Hall–Kier alpha value is -2.20. The van der Waals surface area contributed by atoms with Crippen LogP contribution in [0.3, 0.4) is 0 Å². The standard InChI is InChI=1S/C22H28N2O2/c1-17-14-20(26-2)9-10-21(17)22(25)19-8-5-13-24(16-19)12-4-7-18-6-3-11-23-15-18/h3,6,9-11,14-15,19H,4-5,7-8,12-13,16H2,1-2H3. The molecule has 0 radical (unpaired) electrons. The van der Waals surface area contributed by atoms with Crippen LogP contribution in [0.4, 0.5) is 0 Å². The molecule has 138 valence electrons. The van der Waals surface area contributed by atoms with Crippen molar-refractivity contribution in [3.8, 4) is 5.75 Å². The average molecular weight is 352 g/mol. The number of methoxy groups -OCH3 is 1. The predicted octanol–water partition coefficient (Wildman–Crippen LogP) is 3.93. The minimum atomic E-state index is 0.106. The van der Waals surface area contributed by atoms with Crippen LogP contribution in [0.5, 0.6) is 5.75 Å². The first-order valence-electron chi connectivity index (χ1n) is 9.47. The topological polar surface area (TPSA) is 42.4 Å². The summed E-state index contributed by atoms with van der Waals surface area (Å²) in [6.45, 7) is 5.00. The maximum atomic E-state index is 13.0. The SMILES string of the molecule is COc1ccc(C(=O)C2CCCN(CCCc3cccnc3)C2)c(C)c1. The lowest BCUT2D eigenvalue weighted by molar-refractivity contribution is 0.0818. The highest BCUT2D eigenvalue weighted by molar-refractivity contribution is 5.99. The van der Waals surface area contributed by atoms with Crippen molar-refractivity contribution in [1.82, 2.24) is 9.88 Å². The number of benzene rings is 1. The third-order valence-electron chi connectivity index (χ3n) is 5.24. The molecular formula is C22H28N2O2. The lowest BCUT2D eigenvalue weighted by Crippen LogP contribution is -2.39. The second-order valence-electron chi connectivity index (χ2n) is 7.15. The van der Waals surface area contributed by atoms with E-state index < -0.39 is 0 Å². The lowest BCUT2D eigenvalue weighted by atomic mass is 9.88. The number of aromatic nitrogens is 1. The van der Waals surface area contributed by atoms with Crippen LogP contribution in [0.25, 0.3) is 0 Å². The van der Waals surface area contributed by atoms with E-state index in [0.29, 0.717) is 0 Å². The summed E-state index contributed by atoms with van der Waals surface area (Å²) < 4.78 is 5.25. The molecular weight excluding hydrogens is 324 g/mol. The van der Waals surface area contributed by atoms with Gasteiger partial charge in [0.25, 0.3) is 0 Å². The van der Waals surface area contributed by atoms with Crippen molar-refractivity contribution < 1.29 is 9.53 Å². The number of ether oxygens (including phenoxy) is 1. The Morgan fingerprint density at radius 2 is 2.23 bits per heavy atom. The van der Waals surface area contributed by atoms with E-state index in [0.717, 1.165) is 62.2 Å². The molecule has 4 heteroatoms. The second kappa shape index (κ2) is 8.95. The van der Waals surface area contributed by atoms with Gasteiger partial charge in [0, 0.05) is 30.4 Å². The molecule has 1 saturated heterocycles. The Kier molecular flexibility index (Phi) is 6.40. The van der Waals surface area contributed by atoms with Crippen LogP contribution < -0.4 is 4.74 Å². The zero-order chi connectivity index (χ0) is 18.4. The zero-order valence-corrected chi connectivity index (χ0v) is 15.8. The lowest BCUT2D eigenvalue weighted by Gasteiger charge is -2.32. The Balaban J connectivity index is 1.55. The van der Waals surface area contributed by atoms with Crippen LogP contribution in [0.15, 0.2) is 42.7 Å². The second-order valence-corrected chi connectivity index (χ2v) is 7.15. The van der Waals surface area contributed by atoms with Gasteiger partial charge in [0.1, 0.15) is 5.75 Å². The van der Waals surface area contributed by atoms with Gasteiger partial charge in [-0.2, -0.15) is 0 Å². The van der Waals surface area contributed by atoms with Gasteiger partial charge in [-0.1, -0.05) is 6.07 Å². The largest absolute Gasteiger partial charge is 0.497 e. The summed E-state index contributed by atoms with van der Waals surface area (Å²) in [6, 6.07) is 9.86. The highest BCUT2D eigenvalue weighted by atomic mass is 16.5. The number of piperidine rings is 1. The molecule has 0 spiro atoms. The van der Waals surface area contributed by atoms with E-state index in [1.807, 2.05) is 43.6 Å². The number of pyridine rings is 1. The molecule has 2 aromatic rings. The fraction of sp³-hybridized carbons (Fsp3) is 0.455. The van der Waals surface area contributed by atoms with Crippen molar-refractivity contribution in [3.05, 3.63) is 59.4 Å². The first-order chi connectivity index (χ1) is 12.7. The highest BCUT2D eigenvalue weighted by Gasteiger charge is 2.27. The van der Waals surface area contributed by atoms with Crippen molar-refractivity contribution in [2.75, 3.05) is 26.7 Å². The van der Waals surface area contributed by atoms with Crippen LogP contribution in [0.1, 0.15) is 40.7 Å². The number of hydrogen-bond acceptors (Lipinski definition) is 4. The van der Waals surface area contributed by atoms with E-state index in [1.54, 1.807) is 7.11 Å². The molecule has 0 saturated carbocycles. The van der Waals surface area contributed by atoms with E-state index >= 15 is 0 Å². The van der Waals surface area contributed by atoms with Gasteiger partial charge in [0.05, 0.1) is 7.11 Å². The third kappa shape index (κ3) is 4.70. The molecule has 0 amide bonds. The first kappa shape index (κ1) is 18.6. The minimum absolute atomic E-state index is 0.106. The number of rotatable bonds is 7. The molecule has 2 heterocycles. The van der Waals surface area contributed by atoms with Gasteiger partial charge in [-0.3, -0.25) is 9.78 Å². The summed E-state index contributed by atoms with van der Waals surface area (Å²) in [7, 11) is 1.65. The number of carbonyl (C=O) groups excluding carboxylic acids is 1. The highest BCUT2D eigenvalue weighted by Crippen LogP contribution is 2.25. The molecule has 26 heavy (non-hydrogen) atoms. The van der Waals surface area contributed by atoms with Gasteiger partial charge in [0.2, 0.25) is 0 Å². The molecule has 0 aliphatic carbocycles. The van der Waals surface area contributed by atoms with Gasteiger partial charge < -0.3 is 9.64 Å².